The number of aryl methyl sites for hydroxylation is 3. The van der Waals surface area contributed by atoms with Gasteiger partial charge < -0.3 is 5.11 Å². The van der Waals surface area contributed by atoms with Gasteiger partial charge in [0.25, 0.3) is 0 Å². The molecule has 0 bridgehead atoms. The Balaban J connectivity index is 2.37. The largest absolute Gasteiger partial charge is 0.507 e. The maximum absolute atomic E-state index is 11.8. The fraction of sp³-hybridized carbons (Fsp3) is 0.441. The Kier molecular flexibility index (Phi) is 6.06. The summed E-state index contributed by atoms with van der Waals surface area (Å²) >= 11 is 0. The monoisotopic (exact) mass is 483 g/mol. The van der Waals surface area contributed by atoms with Crippen molar-refractivity contribution < 1.29 is 9.52 Å². The molecule has 2 nitrogen and oxygen atoms in total. The molecule has 0 unspecified atom stereocenters. The molecule has 4 rings (SSSR count). The smallest absolute Gasteiger partial charge is 0.365 e. The number of phenols is 1. The number of aromatic hydroxyl groups is 1. The lowest BCUT2D eigenvalue weighted by molar-refractivity contribution is 0.448. The summed E-state index contributed by atoms with van der Waals surface area (Å²) in [5, 5.41) is 13.9. The first kappa shape index (κ1) is 26.2. The second kappa shape index (κ2) is 8.33. The quantitative estimate of drug-likeness (QED) is 0.216. The summed E-state index contributed by atoms with van der Waals surface area (Å²) in [5.41, 5.74) is 10.2. The van der Waals surface area contributed by atoms with Gasteiger partial charge in [0.15, 0.2) is 0 Å². The zero-order chi connectivity index (χ0) is 27.0. The zero-order valence-corrected chi connectivity index (χ0v) is 24.3. The number of phenolic OH excluding ortho intramolecular Hbond substituents is 1. The molecule has 0 aliphatic rings. The Morgan fingerprint density at radius 2 is 0.889 bits per heavy atom. The van der Waals surface area contributed by atoms with E-state index >= 15 is 0 Å². The van der Waals surface area contributed by atoms with Crippen LogP contribution in [-0.4, -0.2) is 5.11 Å². The highest BCUT2D eigenvalue weighted by Gasteiger charge is 2.34. The second-order valence-corrected chi connectivity index (χ2v) is 13.8. The van der Waals surface area contributed by atoms with Crippen LogP contribution in [0.2, 0.25) is 0 Å². The number of fused-ring (bicyclic) bond motifs is 2. The van der Waals surface area contributed by atoms with E-state index in [2.05, 4.69) is 119 Å². The van der Waals surface area contributed by atoms with Crippen LogP contribution < -0.4 is 0 Å². The normalized spacial score (nSPS) is 13.1. The third kappa shape index (κ3) is 4.51. The van der Waals surface area contributed by atoms with E-state index in [9.17, 15) is 5.11 Å². The molecule has 0 saturated heterocycles. The van der Waals surface area contributed by atoms with Crippen molar-refractivity contribution in [3.63, 3.8) is 0 Å². The molecule has 0 radical (unpaired) electrons. The van der Waals surface area contributed by atoms with Crippen LogP contribution in [0.5, 0.6) is 5.75 Å². The van der Waals surface area contributed by atoms with Crippen molar-refractivity contribution in [2.24, 2.45) is 0 Å². The first-order valence-electron chi connectivity index (χ1n) is 13.1. The van der Waals surface area contributed by atoms with E-state index in [0.29, 0.717) is 5.75 Å². The molecule has 0 fully saturated rings. The molecule has 0 spiro atoms. The van der Waals surface area contributed by atoms with Crippen LogP contribution >= 0.6 is 0 Å². The van der Waals surface area contributed by atoms with Crippen LogP contribution in [0.3, 0.4) is 0 Å². The van der Waals surface area contributed by atoms with Crippen molar-refractivity contribution in [3.05, 3.63) is 69.8 Å². The lowest BCUT2D eigenvalue weighted by Gasteiger charge is -2.24. The summed E-state index contributed by atoms with van der Waals surface area (Å²) in [5.74, 6) is 0.361. The minimum atomic E-state index is -0.186. The molecule has 0 saturated carbocycles. The number of hydrogen-bond acceptors (Lipinski definition) is 1. The van der Waals surface area contributed by atoms with Crippen molar-refractivity contribution in [2.45, 2.75) is 99.3 Å². The molecular weight excluding hydrogens is 440 g/mol. The van der Waals surface area contributed by atoms with Crippen LogP contribution in [0.1, 0.15) is 95.7 Å². The third-order valence-corrected chi connectivity index (χ3v) is 7.16. The first-order chi connectivity index (χ1) is 16.4. The number of benzene rings is 3. The average molecular weight is 484 g/mol. The Morgan fingerprint density at radius 3 is 1.28 bits per heavy atom. The van der Waals surface area contributed by atoms with Gasteiger partial charge in [0.1, 0.15) is 5.75 Å². The molecule has 4 aromatic rings. The van der Waals surface area contributed by atoms with Gasteiger partial charge in [-0.2, -0.15) is 0 Å². The van der Waals surface area contributed by atoms with Gasteiger partial charge in [-0.05, 0) is 84.0 Å². The third-order valence-electron chi connectivity index (χ3n) is 7.16. The molecule has 0 amide bonds. The van der Waals surface area contributed by atoms with E-state index in [-0.39, 0.29) is 16.2 Å². The summed E-state index contributed by atoms with van der Waals surface area (Å²) in [6, 6.07) is 13.2. The van der Waals surface area contributed by atoms with Gasteiger partial charge in [0.2, 0.25) is 0 Å². The lowest BCUT2D eigenvalue weighted by atomic mass is 9.79. The van der Waals surface area contributed by atoms with Crippen molar-refractivity contribution in [3.8, 4) is 16.9 Å². The minimum Gasteiger partial charge on any atom is -0.507 e. The molecule has 0 atom stereocenters. The van der Waals surface area contributed by atoms with E-state index in [1.165, 1.54) is 22.3 Å². The van der Waals surface area contributed by atoms with Gasteiger partial charge in [-0.1, -0.05) is 68.4 Å². The molecule has 190 valence electrons. The zero-order valence-electron chi connectivity index (χ0n) is 24.3. The summed E-state index contributed by atoms with van der Waals surface area (Å²) in [4.78, 5) is 0. The Labute approximate surface area is 217 Å². The second-order valence-electron chi connectivity index (χ2n) is 13.8. The van der Waals surface area contributed by atoms with Crippen LogP contribution in [0, 0.1) is 20.8 Å². The molecule has 0 aliphatic heterocycles. The molecule has 2 heteroatoms. The van der Waals surface area contributed by atoms with Crippen molar-refractivity contribution in [1.29, 1.82) is 0 Å². The van der Waals surface area contributed by atoms with Gasteiger partial charge in [-0.15, -0.1) is 0 Å². The van der Waals surface area contributed by atoms with Gasteiger partial charge in [0.05, 0.1) is 21.9 Å². The maximum Gasteiger partial charge on any atom is 0.365 e. The Bertz CT molecular complexity index is 1420. The van der Waals surface area contributed by atoms with Crippen molar-refractivity contribution in [2.75, 3.05) is 0 Å². The highest BCUT2D eigenvalue weighted by atomic mass is 16.3. The van der Waals surface area contributed by atoms with Gasteiger partial charge in [-0.25, -0.2) is 4.42 Å². The van der Waals surface area contributed by atoms with Crippen molar-refractivity contribution >= 4 is 21.9 Å². The summed E-state index contributed by atoms with van der Waals surface area (Å²) in [6.45, 7) is 26.3. The van der Waals surface area contributed by atoms with E-state index in [4.69, 9.17) is 4.42 Å². The van der Waals surface area contributed by atoms with E-state index in [1.54, 1.807) is 0 Å². The fourth-order valence-electron chi connectivity index (χ4n) is 5.33. The Morgan fingerprint density at radius 1 is 0.528 bits per heavy atom. The molecule has 1 aromatic heterocycles. The molecule has 0 aliphatic carbocycles. The first-order valence-corrected chi connectivity index (χ1v) is 13.1. The van der Waals surface area contributed by atoms with Gasteiger partial charge >= 0.3 is 11.2 Å². The summed E-state index contributed by atoms with van der Waals surface area (Å²) < 4.78 is 6.92. The maximum atomic E-state index is 11.8. The van der Waals surface area contributed by atoms with E-state index in [1.807, 2.05) is 0 Å². The fourth-order valence-corrected chi connectivity index (χ4v) is 5.33. The van der Waals surface area contributed by atoms with E-state index < -0.39 is 0 Å². The summed E-state index contributed by atoms with van der Waals surface area (Å²) in [7, 11) is 0. The molecular formula is C34H43O2+. The summed E-state index contributed by atoms with van der Waals surface area (Å²) in [6.07, 6.45) is 0. The molecule has 1 heterocycles. The Hall–Kier alpha value is -2.87. The number of hydrogen-bond donors (Lipinski definition) is 1. The van der Waals surface area contributed by atoms with E-state index in [0.717, 1.165) is 44.2 Å². The highest BCUT2D eigenvalue weighted by molar-refractivity contribution is 6.11. The molecule has 36 heavy (non-hydrogen) atoms. The lowest BCUT2D eigenvalue weighted by Crippen LogP contribution is -2.14. The average Bonchev–Trinajstić information content (AvgIpc) is 2.70. The minimum absolute atomic E-state index is 0.101. The van der Waals surface area contributed by atoms with Crippen LogP contribution in [0.15, 0.2) is 40.8 Å². The predicted octanol–water partition coefficient (Wildman–Crippen LogP) is 10.1. The van der Waals surface area contributed by atoms with Crippen molar-refractivity contribution in [1.82, 2.24) is 0 Å². The topological polar surface area (TPSA) is 31.5 Å². The van der Waals surface area contributed by atoms with Crippen LogP contribution in [0.4, 0.5) is 0 Å². The number of rotatable bonds is 1. The van der Waals surface area contributed by atoms with Gasteiger partial charge in [-0.3, -0.25) is 0 Å². The highest BCUT2D eigenvalue weighted by Crippen LogP contribution is 2.48. The molecule has 1 N–H and O–H groups in total. The SMILES string of the molecule is Cc1cc(-c2c3cc(C)cc(C(C)(C)C)c3[o+]c3c(C(C)(C)C)cc(C)cc23)c(O)c(C(C)(C)C)c1. The van der Waals surface area contributed by atoms with Gasteiger partial charge in [0, 0.05) is 16.7 Å². The van der Waals surface area contributed by atoms with Crippen LogP contribution in [-0.2, 0) is 16.2 Å². The standard InChI is InChI=1S/C34H42O2/c1-19-13-22(29(35)25(16-19)32(4,5)6)28-23-14-20(2)17-26(33(7,8)9)30(23)36-31-24(28)15-21(3)18-27(31)34(10,11)12/h13-18H,1-12H3/p+1. The van der Waals surface area contributed by atoms with Crippen LogP contribution in [0.25, 0.3) is 33.1 Å². The molecule has 3 aromatic carbocycles. The predicted molar refractivity (Wildman–Crippen MR) is 156 cm³/mol.